The van der Waals surface area contributed by atoms with Crippen LogP contribution in [0.3, 0.4) is 0 Å². The predicted octanol–water partition coefficient (Wildman–Crippen LogP) is 0.0908. The Labute approximate surface area is 144 Å². The van der Waals surface area contributed by atoms with Crippen molar-refractivity contribution in [3.63, 3.8) is 0 Å². The van der Waals surface area contributed by atoms with Gasteiger partial charge in [-0.15, -0.1) is 0 Å². The van der Waals surface area contributed by atoms with E-state index in [4.69, 9.17) is 5.73 Å². The van der Waals surface area contributed by atoms with Gasteiger partial charge in [-0.2, -0.15) is 0 Å². The van der Waals surface area contributed by atoms with Crippen LogP contribution in [0.4, 0.5) is 5.69 Å². The minimum Gasteiger partial charge on any atom is -0.384 e. The van der Waals surface area contributed by atoms with Crippen LogP contribution in [0.15, 0.2) is 24.5 Å². The fourth-order valence-corrected chi connectivity index (χ4v) is 2.94. The van der Waals surface area contributed by atoms with E-state index in [-0.39, 0.29) is 5.91 Å². The van der Waals surface area contributed by atoms with E-state index in [1.54, 1.807) is 23.4 Å². The molecule has 25 heavy (non-hydrogen) atoms. The Morgan fingerprint density at radius 1 is 1.36 bits per heavy atom. The maximum Gasteiger partial charge on any atom is 0.251 e. The van der Waals surface area contributed by atoms with E-state index in [1.807, 2.05) is 6.07 Å². The van der Waals surface area contributed by atoms with Gasteiger partial charge in [0.05, 0.1) is 11.9 Å². The number of carbonyl (C=O) groups excluding carboxylic acids is 2. The normalized spacial score (nSPS) is 16.6. The smallest absolute Gasteiger partial charge is 0.251 e. The number of piperazine rings is 1. The molecule has 0 aliphatic carbocycles. The minimum atomic E-state index is -0.968. The van der Waals surface area contributed by atoms with Gasteiger partial charge < -0.3 is 25.6 Å². The summed E-state index contributed by atoms with van der Waals surface area (Å²) in [5.41, 5.74) is 7.67. The Morgan fingerprint density at radius 2 is 2.08 bits per heavy atom. The molecule has 2 aromatic rings. The number of nitrogens with two attached hydrogens (primary N) is 1. The Bertz CT molecular complexity index is 819. The van der Waals surface area contributed by atoms with Crippen molar-refractivity contribution >= 4 is 34.6 Å². The van der Waals surface area contributed by atoms with E-state index in [1.165, 1.54) is 13.0 Å². The number of aromatic amines is 1. The molecule has 1 atom stereocenters. The number of aliphatic hydroxyl groups is 1. The number of carbonyl (C=O) groups is 2. The van der Waals surface area contributed by atoms with Crippen LogP contribution in [0, 0.1) is 0 Å². The Morgan fingerprint density at radius 3 is 2.72 bits per heavy atom. The quantitative estimate of drug-likeness (QED) is 0.681. The maximum atomic E-state index is 11.8. The van der Waals surface area contributed by atoms with Crippen LogP contribution in [0.25, 0.3) is 17.1 Å². The zero-order valence-electron chi connectivity index (χ0n) is 14.0. The number of primary amides is 1. The summed E-state index contributed by atoms with van der Waals surface area (Å²) in [5.74, 6) is -0.741. The summed E-state index contributed by atoms with van der Waals surface area (Å²) in [6.45, 7) is 3.94. The first-order chi connectivity index (χ1) is 12.0. The van der Waals surface area contributed by atoms with Gasteiger partial charge >= 0.3 is 0 Å². The Hall–Kier alpha value is -2.87. The molecule has 0 aromatic carbocycles. The topological polar surface area (TPSA) is 116 Å². The molecular weight excluding hydrogens is 322 g/mol. The van der Waals surface area contributed by atoms with Gasteiger partial charge in [0, 0.05) is 49.4 Å². The van der Waals surface area contributed by atoms with Gasteiger partial charge in [0.15, 0.2) is 0 Å². The molecule has 2 amide bonds. The van der Waals surface area contributed by atoms with E-state index in [0.29, 0.717) is 26.2 Å². The van der Waals surface area contributed by atoms with Crippen LogP contribution in [0.5, 0.6) is 0 Å². The highest BCUT2D eigenvalue weighted by atomic mass is 16.3. The molecule has 1 aliphatic heterocycles. The summed E-state index contributed by atoms with van der Waals surface area (Å²) in [5, 5.41) is 10.3. The lowest BCUT2D eigenvalue weighted by molar-refractivity contribution is -0.139. The number of anilines is 1. The molecule has 0 unspecified atom stereocenters. The number of rotatable bonds is 4. The van der Waals surface area contributed by atoms with Crippen molar-refractivity contribution < 1.29 is 14.7 Å². The number of H-pyrrole nitrogens is 1. The van der Waals surface area contributed by atoms with Gasteiger partial charge in [-0.1, -0.05) is 0 Å². The zero-order valence-corrected chi connectivity index (χ0v) is 14.0. The summed E-state index contributed by atoms with van der Waals surface area (Å²) < 4.78 is 0. The second-order valence-electron chi connectivity index (χ2n) is 6.06. The van der Waals surface area contributed by atoms with Crippen molar-refractivity contribution in [1.82, 2.24) is 14.9 Å². The highest BCUT2D eigenvalue weighted by Crippen LogP contribution is 2.24. The van der Waals surface area contributed by atoms with Crippen molar-refractivity contribution in [2.75, 3.05) is 31.1 Å². The molecule has 4 N–H and O–H groups in total. The fraction of sp³-hybridized carbons (Fsp3) is 0.353. The third-order valence-electron chi connectivity index (χ3n) is 4.29. The van der Waals surface area contributed by atoms with E-state index in [2.05, 4.69) is 14.9 Å². The first kappa shape index (κ1) is 17.0. The van der Waals surface area contributed by atoms with E-state index in [0.717, 1.165) is 22.3 Å². The highest BCUT2D eigenvalue weighted by Gasteiger charge is 2.24. The molecule has 0 radical (unpaired) electrons. The summed E-state index contributed by atoms with van der Waals surface area (Å²) in [4.78, 5) is 34.1. The number of hydrogen-bond acceptors (Lipinski definition) is 5. The van der Waals surface area contributed by atoms with E-state index >= 15 is 0 Å². The lowest BCUT2D eigenvalue weighted by atomic mass is 10.1. The number of hydrogen-bond donors (Lipinski definition) is 3. The largest absolute Gasteiger partial charge is 0.384 e. The van der Waals surface area contributed by atoms with Crippen LogP contribution in [-0.4, -0.2) is 64.1 Å². The first-order valence-electron chi connectivity index (χ1n) is 8.12. The van der Waals surface area contributed by atoms with Gasteiger partial charge in [-0.3, -0.25) is 9.59 Å². The highest BCUT2D eigenvalue weighted by molar-refractivity contribution is 5.95. The van der Waals surface area contributed by atoms with Gasteiger partial charge in [0.1, 0.15) is 11.8 Å². The number of amides is 2. The van der Waals surface area contributed by atoms with Crippen molar-refractivity contribution in [3.8, 4) is 0 Å². The van der Waals surface area contributed by atoms with Crippen LogP contribution in [0.2, 0.25) is 0 Å². The molecule has 3 rings (SSSR count). The third kappa shape index (κ3) is 3.63. The number of pyridine rings is 1. The molecule has 0 saturated carbocycles. The molecule has 0 spiro atoms. The average Bonchev–Trinajstić information content (AvgIpc) is 3.01. The summed E-state index contributed by atoms with van der Waals surface area (Å²) in [7, 11) is 0. The molecular formula is C17H21N5O3. The lowest BCUT2D eigenvalue weighted by Crippen LogP contribution is -2.51. The van der Waals surface area contributed by atoms with Crippen LogP contribution < -0.4 is 10.6 Å². The number of nitrogens with zero attached hydrogens (tertiary/aromatic N) is 3. The van der Waals surface area contributed by atoms with Crippen LogP contribution in [-0.2, 0) is 9.59 Å². The minimum absolute atomic E-state index is 0.238. The van der Waals surface area contributed by atoms with Crippen molar-refractivity contribution in [2.24, 2.45) is 5.73 Å². The van der Waals surface area contributed by atoms with Crippen LogP contribution >= 0.6 is 0 Å². The van der Waals surface area contributed by atoms with Gasteiger partial charge in [0.2, 0.25) is 5.91 Å². The van der Waals surface area contributed by atoms with Crippen molar-refractivity contribution in [1.29, 1.82) is 0 Å². The van der Waals surface area contributed by atoms with E-state index in [9.17, 15) is 14.7 Å². The molecule has 8 nitrogen and oxygen atoms in total. The molecule has 132 valence electrons. The molecule has 0 bridgehead atoms. The molecule has 8 heteroatoms. The van der Waals surface area contributed by atoms with Gasteiger partial charge in [-0.25, -0.2) is 4.98 Å². The molecule has 1 saturated heterocycles. The average molecular weight is 343 g/mol. The second kappa shape index (κ2) is 6.94. The number of aliphatic hydroxyl groups excluding tert-OH is 1. The van der Waals surface area contributed by atoms with Crippen LogP contribution in [0.1, 0.15) is 12.5 Å². The first-order valence-corrected chi connectivity index (χ1v) is 8.12. The second-order valence-corrected chi connectivity index (χ2v) is 6.06. The number of aromatic nitrogens is 2. The van der Waals surface area contributed by atoms with Gasteiger partial charge in [-0.05, 0) is 19.1 Å². The number of nitrogens with one attached hydrogen (secondary N) is 1. The molecule has 3 heterocycles. The third-order valence-corrected chi connectivity index (χ3v) is 4.29. The fourth-order valence-electron chi connectivity index (χ4n) is 2.94. The summed E-state index contributed by atoms with van der Waals surface area (Å²) in [6.07, 6.45) is 5.57. The predicted molar refractivity (Wildman–Crippen MR) is 94.8 cm³/mol. The molecule has 1 fully saturated rings. The SMILES string of the molecule is C[C@@H](O)C(=O)N1CCN(c2cnc3[nH]cc(C=CC(N)=O)c3c2)CC1. The number of fused-ring (bicyclic) bond motifs is 1. The lowest BCUT2D eigenvalue weighted by Gasteiger charge is -2.36. The summed E-state index contributed by atoms with van der Waals surface area (Å²) >= 11 is 0. The summed E-state index contributed by atoms with van der Waals surface area (Å²) in [6, 6.07) is 2.01. The van der Waals surface area contributed by atoms with Gasteiger partial charge in [0.25, 0.3) is 5.91 Å². The maximum absolute atomic E-state index is 11.8. The zero-order chi connectivity index (χ0) is 18.0. The van der Waals surface area contributed by atoms with Crippen molar-refractivity contribution in [3.05, 3.63) is 30.1 Å². The molecule has 1 aliphatic rings. The van der Waals surface area contributed by atoms with Crippen molar-refractivity contribution in [2.45, 2.75) is 13.0 Å². The molecule has 2 aromatic heterocycles. The standard InChI is InChI=1S/C17H21N5O3/c1-11(23)17(25)22-6-4-21(5-7-22)13-8-14-12(2-3-15(18)24)9-19-16(14)20-10-13/h2-3,8-11,23H,4-7H2,1H3,(H2,18,24)(H,19,20)/t11-/m1/s1. The monoisotopic (exact) mass is 343 g/mol. The van der Waals surface area contributed by atoms with E-state index < -0.39 is 12.0 Å². The Kier molecular flexibility index (Phi) is 4.71. The Balaban J connectivity index is 1.77.